The summed E-state index contributed by atoms with van der Waals surface area (Å²) >= 11 is 0. The maximum absolute atomic E-state index is 11.0. The van der Waals surface area contributed by atoms with Crippen molar-refractivity contribution in [1.82, 2.24) is 4.57 Å². The van der Waals surface area contributed by atoms with Crippen molar-refractivity contribution < 1.29 is 9.90 Å². The van der Waals surface area contributed by atoms with Crippen LogP contribution in [-0.2, 0) is 13.0 Å². The van der Waals surface area contributed by atoms with Crippen LogP contribution in [0.4, 0.5) is 0 Å². The number of rotatable bonds is 4. The third-order valence-corrected chi connectivity index (χ3v) is 2.96. The van der Waals surface area contributed by atoms with Gasteiger partial charge in [0.25, 0.3) is 0 Å². The average molecular weight is 232 g/mol. The zero-order chi connectivity index (χ0) is 12.4. The monoisotopic (exact) mass is 232 g/mol. The molecule has 1 heterocycles. The molecule has 3 N–H and O–H groups in total. The first-order valence-electron chi connectivity index (χ1n) is 5.72. The van der Waals surface area contributed by atoms with E-state index in [1.807, 2.05) is 10.6 Å². The van der Waals surface area contributed by atoms with Gasteiger partial charge in [0.05, 0.1) is 5.56 Å². The van der Waals surface area contributed by atoms with Crippen LogP contribution in [0.25, 0.3) is 10.9 Å². The van der Waals surface area contributed by atoms with E-state index in [9.17, 15) is 4.79 Å². The van der Waals surface area contributed by atoms with E-state index >= 15 is 0 Å². The molecule has 2 rings (SSSR count). The summed E-state index contributed by atoms with van der Waals surface area (Å²) in [4.78, 5) is 11.0. The van der Waals surface area contributed by atoms with Crippen LogP contribution in [0.3, 0.4) is 0 Å². The second-order valence-corrected chi connectivity index (χ2v) is 4.03. The van der Waals surface area contributed by atoms with Gasteiger partial charge >= 0.3 is 5.97 Å². The molecule has 1 aromatic heterocycles. The number of hydrogen-bond donors (Lipinski definition) is 2. The first-order chi connectivity index (χ1) is 8.17. The molecule has 0 radical (unpaired) electrons. The van der Waals surface area contributed by atoms with Crippen molar-refractivity contribution in [3.63, 3.8) is 0 Å². The molecule has 0 aliphatic rings. The number of benzene rings is 1. The molecule has 2 aromatic rings. The van der Waals surface area contributed by atoms with Crippen molar-refractivity contribution in [3.8, 4) is 0 Å². The molecule has 0 bridgehead atoms. The molecular formula is C13H16N2O2. The molecule has 90 valence electrons. The Labute approximate surface area is 99.7 Å². The normalized spacial score (nSPS) is 10.9. The molecule has 0 amide bonds. The van der Waals surface area contributed by atoms with E-state index in [0.717, 1.165) is 17.3 Å². The molecule has 0 saturated carbocycles. The third kappa shape index (κ3) is 2.03. The smallest absolute Gasteiger partial charge is 0.335 e. The number of aromatic carboxylic acids is 1. The van der Waals surface area contributed by atoms with Crippen LogP contribution in [-0.4, -0.2) is 22.2 Å². The lowest BCUT2D eigenvalue weighted by Crippen LogP contribution is -2.09. The second kappa shape index (κ2) is 4.59. The fraction of sp³-hybridized carbons (Fsp3) is 0.308. The van der Waals surface area contributed by atoms with E-state index in [1.54, 1.807) is 12.1 Å². The standard InChI is InChI=1S/C13H16N2O2/c1-2-9-8-15(6-5-14)12-7-10(13(16)17)3-4-11(9)12/h3-4,7-8H,2,5-6,14H2,1H3,(H,16,17). The van der Waals surface area contributed by atoms with Crippen molar-refractivity contribution in [2.24, 2.45) is 5.73 Å². The van der Waals surface area contributed by atoms with Crippen molar-refractivity contribution in [3.05, 3.63) is 35.5 Å². The molecule has 0 spiro atoms. The molecule has 1 aromatic carbocycles. The number of aromatic nitrogens is 1. The van der Waals surface area contributed by atoms with Crippen molar-refractivity contribution in [2.45, 2.75) is 19.9 Å². The molecule has 0 aliphatic carbocycles. The van der Waals surface area contributed by atoms with Crippen molar-refractivity contribution in [1.29, 1.82) is 0 Å². The summed E-state index contributed by atoms with van der Waals surface area (Å²) in [7, 11) is 0. The Morgan fingerprint density at radius 1 is 1.47 bits per heavy atom. The molecule has 0 atom stereocenters. The Morgan fingerprint density at radius 3 is 2.82 bits per heavy atom. The fourth-order valence-electron chi connectivity index (χ4n) is 2.11. The van der Waals surface area contributed by atoms with Gasteiger partial charge in [0.15, 0.2) is 0 Å². The largest absolute Gasteiger partial charge is 0.478 e. The number of carbonyl (C=O) groups is 1. The van der Waals surface area contributed by atoms with Gasteiger partial charge < -0.3 is 15.4 Å². The number of fused-ring (bicyclic) bond motifs is 1. The molecule has 0 fully saturated rings. The third-order valence-electron chi connectivity index (χ3n) is 2.96. The number of carboxylic acids is 1. The summed E-state index contributed by atoms with van der Waals surface area (Å²) in [6.45, 7) is 3.34. The van der Waals surface area contributed by atoms with Gasteiger partial charge in [-0.1, -0.05) is 13.0 Å². The molecule has 0 saturated heterocycles. The number of nitrogens with zero attached hydrogens (tertiary/aromatic N) is 1. The Morgan fingerprint density at radius 2 is 2.24 bits per heavy atom. The zero-order valence-electron chi connectivity index (χ0n) is 9.81. The number of carboxylic acid groups (broad SMARTS) is 1. The van der Waals surface area contributed by atoms with Crippen LogP contribution in [0.1, 0.15) is 22.8 Å². The molecular weight excluding hydrogens is 216 g/mol. The number of nitrogens with two attached hydrogens (primary N) is 1. The lowest BCUT2D eigenvalue weighted by Gasteiger charge is -2.03. The lowest BCUT2D eigenvalue weighted by atomic mass is 10.1. The van der Waals surface area contributed by atoms with Crippen LogP contribution < -0.4 is 5.73 Å². The Bertz CT molecular complexity index is 558. The summed E-state index contributed by atoms with van der Waals surface area (Å²) < 4.78 is 2.03. The topological polar surface area (TPSA) is 68.2 Å². The van der Waals surface area contributed by atoms with Gasteiger partial charge in [0, 0.05) is 30.2 Å². The van der Waals surface area contributed by atoms with Crippen LogP contribution in [0.5, 0.6) is 0 Å². The van der Waals surface area contributed by atoms with Gasteiger partial charge in [-0.2, -0.15) is 0 Å². The first kappa shape index (κ1) is 11.7. The quantitative estimate of drug-likeness (QED) is 0.845. The highest BCUT2D eigenvalue weighted by atomic mass is 16.4. The van der Waals surface area contributed by atoms with E-state index in [2.05, 4.69) is 13.1 Å². The SMILES string of the molecule is CCc1cn(CCN)c2cc(C(=O)O)ccc12. The van der Waals surface area contributed by atoms with Gasteiger partial charge in [-0.3, -0.25) is 0 Å². The van der Waals surface area contributed by atoms with Crippen LogP contribution in [0.15, 0.2) is 24.4 Å². The minimum Gasteiger partial charge on any atom is -0.478 e. The molecule has 0 unspecified atom stereocenters. The van der Waals surface area contributed by atoms with Gasteiger partial charge in [0.1, 0.15) is 0 Å². The van der Waals surface area contributed by atoms with E-state index in [-0.39, 0.29) is 0 Å². The lowest BCUT2D eigenvalue weighted by molar-refractivity contribution is 0.0697. The summed E-state index contributed by atoms with van der Waals surface area (Å²) in [5, 5.41) is 10.1. The summed E-state index contributed by atoms with van der Waals surface area (Å²) in [6.07, 6.45) is 2.99. The van der Waals surface area contributed by atoms with Gasteiger partial charge in [0.2, 0.25) is 0 Å². The second-order valence-electron chi connectivity index (χ2n) is 4.03. The Hall–Kier alpha value is -1.81. The molecule has 0 aliphatic heterocycles. The summed E-state index contributed by atoms with van der Waals surface area (Å²) in [6, 6.07) is 5.24. The molecule has 17 heavy (non-hydrogen) atoms. The summed E-state index contributed by atoms with van der Waals surface area (Å²) in [5.41, 5.74) is 8.06. The minimum atomic E-state index is -0.898. The Balaban J connectivity index is 2.64. The highest BCUT2D eigenvalue weighted by molar-refractivity contribution is 5.94. The highest BCUT2D eigenvalue weighted by Crippen LogP contribution is 2.23. The van der Waals surface area contributed by atoms with Crippen LogP contribution >= 0.6 is 0 Å². The highest BCUT2D eigenvalue weighted by Gasteiger charge is 2.10. The van der Waals surface area contributed by atoms with E-state index in [4.69, 9.17) is 10.8 Å². The number of aryl methyl sites for hydroxylation is 1. The molecule has 4 heteroatoms. The predicted molar refractivity (Wildman–Crippen MR) is 67.3 cm³/mol. The molecule has 4 nitrogen and oxygen atoms in total. The predicted octanol–water partition coefficient (Wildman–Crippen LogP) is 1.86. The average Bonchev–Trinajstić information content (AvgIpc) is 2.67. The maximum Gasteiger partial charge on any atom is 0.335 e. The number of hydrogen-bond acceptors (Lipinski definition) is 2. The van der Waals surface area contributed by atoms with Gasteiger partial charge in [-0.15, -0.1) is 0 Å². The zero-order valence-corrected chi connectivity index (χ0v) is 9.81. The van der Waals surface area contributed by atoms with Gasteiger partial charge in [-0.05, 0) is 24.1 Å². The van der Waals surface area contributed by atoms with Crippen LogP contribution in [0, 0.1) is 0 Å². The van der Waals surface area contributed by atoms with E-state index in [1.165, 1.54) is 5.56 Å². The maximum atomic E-state index is 11.0. The van der Waals surface area contributed by atoms with Crippen molar-refractivity contribution >= 4 is 16.9 Å². The summed E-state index contributed by atoms with van der Waals surface area (Å²) in [5.74, 6) is -0.898. The first-order valence-corrected chi connectivity index (χ1v) is 5.72. The van der Waals surface area contributed by atoms with Crippen LogP contribution in [0.2, 0.25) is 0 Å². The van der Waals surface area contributed by atoms with E-state index < -0.39 is 5.97 Å². The van der Waals surface area contributed by atoms with Crippen molar-refractivity contribution in [2.75, 3.05) is 6.54 Å². The fourth-order valence-corrected chi connectivity index (χ4v) is 2.11. The Kier molecular flexibility index (Phi) is 3.15. The minimum absolute atomic E-state index is 0.316. The van der Waals surface area contributed by atoms with E-state index in [0.29, 0.717) is 18.7 Å². The van der Waals surface area contributed by atoms with Gasteiger partial charge in [-0.25, -0.2) is 4.79 Å².